The van der Waals surface area contributed by atoms with Crippen LogP contribution >= 0.6 is 0 Å². The van der Waals surface area contributed by atoms with Crippen LogP contribution in [0.1, 0.15) is 22.8 Å². The number of amides is 2. The number of hydrogen-bond donors (Lipinski definition) is 2. The first-order valence-electron chi connectivity index (χ1n) is 10.8. The van der Waals surface area contributed by atoms with Crippen LogP contribution in [0.4, 0.5) is 11.4 Å². The van der Waals surface area contributed by atoms with E-state index in [1.165, 1.54) is 21.3 Å². The zero-order valence-electron chi connectivity index (χ0n) is 20.1. The molecule has 3 rings (SSSR count). The van der Waals surface area contributed by atoms with Crippen molar-refractivity contribution < 1.29 is 28.5 Å². The highest BCUT2D eigenvalue weighted by Crippen LogP contribution is 2.37. The van der Waals surface area contributed by atoms with Gasteiger partial charge < -0.3 is 29.6 Å². The Morgan fingerprint density at radius 1 is 0.771 bits per heavy atom. The fourth-order valence-electron chi connectivity index (χ4n) is 3.31. The van der Waals surface area contributed by atoms with E-state index in [2.05, 4.69) is 10.6 Å². The highest BCUT2D eigenvalue weighted by atomic mass is 16.5. The van der Waals surface area contributed by atoms with Crippen molar-refractivity contribution in [1.82, 2.24) is 0 Å². The summed E-state index contributed by atoms with van der Waals surface area (Å²) in [4.78, 5) is 25.2. The van der Waals surface area contributed by atoms with Crippen LogP contribution in [0.15, 0.2) is 66.7 Å². The lowest BCUT2D eigenvalue weighted by molar-refractivity contribution is -0.118. The maximum atomic E-state index is 12.6. The molecule has 0 heterocycles. The molecule has 0 unspecified atom stereocenters. The van der Waals surface area contributed by atoms with Gasteiger partial charge in [0.15, 0.2) is 18.1 Å². The molecule has 0 aliphatic rings. The molecule has 0 aliphatic carbocycles. The van der Waals surface area contributed by atoms with Crippen LogP contribution in [0.2, 0.25) is 0 Å². The smallest absolute Gasteiger partial charge is 0.262 e. The summed E-state index contributed by atoms with van der Waals surface area (Å²) in [5, 5.41) is 5.56. The van der Waals surface area contributed by atoms with Crippen molar-refractivity contribution >= 4 is 29.3 Å². The van der Waals surface area contributed by atoms with Gasteiger partial charge in [0.2, 0.25) is 0 Å². The number of benzene rings is 3. The zero-order valence-corrected chi connectivity index (χ0v) is 20.1. The van der Waals surface area contributed by atoms with Gasteiger partial charge in [-0.05, 0) is 36.8 Å². The minimum atomic E-state index is -0.411. The van der Waals surface area contributed by atoms with Gasteiger partial charge in [0.25, 0.3) is 11.8 Å². The average molecular weight is 477 g/mol. The first-order valence-corrected chi connectivity index (χ1v) is 10.8. The number of rotatable bonds is 10. The SMILES string of the molecule is C/C=C/c1ccc(OCC(=O)Nc2cc(OC)c(NC(=O)c3ccccc3)cc2OC)c(OC)c1. The van der Waals surface area contributed by atoms with Crippen LogP contribution in [-0.2, 0) is 4.79 Å². The lowest BCUT2D eigenvalue weighted by atomic mass is 10.2. The Balaban J connectivity index is 1.72. The van der Waals surface area contributed by atoms with Crippen LogP contribution in [0.3, 0.4) is 0 Å². The highest BCUT2D eigenvalue weighted by Gasteiger charge is 2.17. The molecule has 0 saturated carbocycles. The van der Waals surface area contributed by atoms with E-state index in [1.54, 1.807) is 42.5 Å². The fourth-order valence-corrected chi connectivity index (χ4v) is 3.31. The van der Waals surface area contributed by atoms with E-state index in [0.29, 0.717) is 39.9 Å². The van der Waals surface area contributed by atoms with Crippen LogP contribution < -0.4 is 29.6 Å². The Labute approximate surface area is 204 Å². The van der Waals surface area contributed by atoms with Gasteiger partial charge >= 0.3 is 0 Å². The average Bonchev–Trinajstić information content (AvgIpc) is 2.88. The molecule has 0 aliphatic heterocycles. The van der Waals surface area contributed by atoms with E-state index >= 15 is 0 Å². The molecule has 35 heavy (non-hydrogen) atoms. The third-order valence-corrected chi connectivity index (χ3v) is 4.99. The van der Waals surface area contributed by atoms with Crippen LogP contribution in [0, 0.1) is 0 Å². The monoisotopic (exact) mass is 476 g/mol. The summed E-state index contributed by atoms with van der Waals surface area (Å²) in [5.41, 5.74) is 2.22. The molecule has 0 radical (unpaired) electrons. The number of hydrogen-bond acceptors (Lipinski definition) is 6. The molecule has 0 spiro atoms. The Hall–Kier alpha value is -4.46. The van der Waals surface area contributed by atoms with Crippen molar-refractivity contribution in [1.29, 1.82) is 0 Å². The molecule has 2 amide bonds. The minimum Gasteiger partial charge on any atom is -0.494 e. The van der Waals surface area contributed by atoms with Crippen molar-refractivity contribution in [2.24, 2.45) is 0 Å². The second-order valence-corrected chi connectivity index (χ2v) is 7.32. The van der Waals surface area contributed by atoms with Gasteiger partial charge in [-0.3, -0.25) is 9.59 Å². The first-order chi connectivity index (χ1) is 17.0. The fraction of sp³-hybridized carbons (Fsp3) is 0.185. The summed E-state index contributed by atoms with van der Waals surface area (Å²) in [6.45, 7) is 1.67. The molecule has 0 fully saturated rings. The molecule has 3 aromatic rings. The number of allylic oxidation sites excluding steroid dienone is 1. The van der Waals surface area contributed by atoms with Crippen molar-refractivity contribution in [2.45, 2.75) is 6.92 Å². The van der Waals surface area contributed by atoms with Crippen molar-refractivity contribution in [3.63, 3.8) is 0 Å². The standard InChI is InChI=1S/C27H28N2O6/c1-5-9-18-12-13-22(25(14-18)34-4)35-17-26(30)28-20-15-24(33-3)21(16-23(20)32-2)29-27(31)19-10-7-6-8-11-19/h5-16H,17H2,1-4H3,(H,28,30)(H,29,31)/b9-5+. The van der Waals surface area contributed by atoms with E-state index in [0.717, 1.165) is 5.56 Å². The lowest BCUT2D eigenvalue weighted by Crippen LogP contribution is -2.21. The number of anilines is 2. The van der Waals surface area contributed by atoms with Gasteiger partial charge in [-0.1, -0.05) is 36.4 Å². The maximum Gasteiger partial charge on any atom is 0.262 e. The summed E-state index contributed by atoms with van der Waals surface area (Å²) in [5.74, 6) is 0.949. The molecular weight excluding hydrogens is 448 g/mol. The van der Waals surface area contributed by atoms with E-state index in [-0.39, 0.29) is 12.5 Å². The van der Waals surface area contributed by atoms with Crippen LogP contribution in [-0.4, -0.2) is 39.8 Å². The van der Waals surface area contributed by atoms with Gasteiger partial charge in [-0.15, -0.1) is 0 Å². The van der Waals surface area contributed by atoms with Gasteiger partial charge in [0.05, 0.1) is 32.7 Å². The van der Waals surface area contributed by atoms with E-state index in [4.69, 9.17) is 18.9 Å². The minimum absolute atomic E-state index is 0.253. The Morgan fingerprint density at radius 2 is 1.40 bits per heavy atom. The molecule has 2 N–H and O–H groups in total. The molecule has 8 nitrogen and oxygen atoms in total. The second-order valence-electron chi connectivity index (χ2n) is 7.32. The number of carbonyl (C=O) groups excluding carboxylic acids is 2. The van der Waals surface area contributed by atoms with E-state index < -0.39 is 5.91 Å². The van der Waals surface area contributed by atoms with E-state index in [1.807, 2.05) is 37.3 Å². The number of carbonyl (C=O) groups is 2. The van der Waals surface area contributed by atoms with Gasteiger partial charge in [-0.2, -0.15) is 0 Å². The molecule has 0 saturated heterocycles. The van der Waals surface area contributed by atoms with E-state index in [9.17, 15) is 9.59 Å². The van der Waals surface area contributed by atoms with Crippen molar-refractivity contribution in [3.05, 3.63) is 77.9 Å². The normalized spacial score (nSPS) is 10.5. The quantitative estimate of drug-likeness (QED) is 0.427. The summed E-state index contributed by atoms with van der Waals surface area (Å²) in [6.07, 6.45) is 3.85. The topological polar surface area (TPSA) is 95.1 Å². The molecular formula is C27H28N2O6. The summed E-state index contributed by atoms with van der Waals surface area (Å²) < 4.78 is 21.9. The zero-order chi connectivity index (χ0) is 25.2. The van der Waals surface area contributed by atoms with Gasteiger partial charge in [0, 0.05) is 17.7 Å². The maximum absolute atomic E-state index is 12.6. The summed E-state index contributed by atoms with van der Waals surface area (Å²) in [7, 11) is 4.48. The Morgan fingerprint density at radius 3 is 2.00 bits per heavy atom. The number of ether oxygens (including phenoxy) is 4. The molecule has 0 atom stereocenters. The number of nitrogens with one attached hydrogen (secondary N) is 2. The van der Waals surface area contributed by atoms with Crippen LogP contribution in [0.5, 0.6) is 23.0 Å². The lowest BCUT2D eigenvalue weighted by Gasteiger charge is -2.17. The van der Waals surface area contributed by atoms with Crippen LogP contribution in [0.25, 0.3) is 6.08 Å². The third-order valence-electron chi connectivity index (χ3n) is 4.99. The molecule has 3 aromatic carbocycles. The largest absolute Gasteiger partial charge is 0.494 e. The molecule has 0 bridgehead atoms. The third kappa shape index (κ3) is 6.54. The summed E-state index contributed by atoms with van der Waals surface area (Å²) >= 11 is 0. The van der Waals surface area contributed by atoms with Gasteiger partial charge in [-0.25, -0.2) is 0 Å². The first kappa shape index (κ1) is 25.2. The second kappa shape index (κ2) is 12.1. The Kier molecular flexibility index (Phi) is 8.72. The summed E-state index contributed by atoms with van der Waals surface area (Å²) in [6, 6.07) is 17.4. The Bertz CT molecular complexity index is 1210. The molecule has 0 aromatic heterocycles. The molecule has 8 heteroatoms. The van der Waals surface area contributed by atoms with Crippen molar-refractivity contribution in [2.75, 3.05) is 38.6 Å². The molecule has 182 valence electrons. The predicted octanol–water partition coefficient (Wildman–Crippen LogP) is 5.02. The highest BCUT2D eigenvalue weighted by molar-refractivity contribution is 6.05. The van der Waals surface area contributed by atoms with Crippen molar-refractivity contribution in [3.8, 4) is 23.0 Å². The number of methoxy groups -OCH3 is 3. The predicted molar refractivity (Wildman–Crippen MR) is 136 cm³/mol. The van der Waals surface area contributed by atoms with Gasteiger partial charge in [0.1, 0.15) is 11.5 Å².